The molecule has 0 radical (unpaired) electrons. The lowest BCUT2D eigenvalue weighted by Gasteiger charge is -2.20. The molecule has 0 saturated heterocycles. The number of rotatable bonds is 9. The van der Waals surface area contributed by atoms with Crippen molar-refractivity contribution in [1.82, 2.24) is 4.90 Å². The molecular formula is C30H31IN2O5S. The molecular weight excluding hydrogens is 627 g/mol. The number of esters is 1. The molecule has 0 N–H and O–H groups in total. The smallest absolute Gasteiger partial charge is 0.345 e. The van der Waals surface area contributed by atoms with Gasteiger partial charge in [-0.1, -0.05) is 55.9 Å². The minimum Gasteiger partial charge on any atom is -1.00 e. The zero-order chi connectivity index (χ0) is 27.4. The summed E-state index contributed by atoms with van der Waals surface area (Å²) in [5.41, 5.74) is 4.17. The number of aromatic nitrogens is 1. The van der Waals surface area contributed by atoms with Crippen LogP contribution in [0.5, 0.6) is 0 Å². The first kappa shape index (κ1) is 30.5. The van der Waals surface area contributed by atoms with Gasteiger partial charge >= 0.3 is 5.97 Å². The Labute approximate surface area is 249 Å². The van der Waals surface area contributed by atoms with Crippen LogP contribution in [0.2, 0.25) is 0 Å². The van der Waals surface area contributed by atoms with Crippen LogP contribution in [-0.4, -0.2) is 46.7 Å². The number of fused-ring (bicyclic) bond motifs is 1. The van der Waals surface area contributed by atoms with E-state index in [1.807, 2.05) is 55.8 Å². The molecule has 0 spiro atoms. The molecule has 2 heterocycles. The normalized spacial score (nSPS) is 12.3. The maximum atomic E-state index is 13.5. The predicted octanol–water partition coefficient (Wildman–Crippen LogP) is 1.65. The topological polar surface area (TPSA) is 84.6 Å². The van der Waals surface area contributed by atoms with E-state index in [9.17, 15) is 19.2 Å². The van der Waals surface area contributed by atoms with E-state index in [-0.39, 0.29) is 66.0 Å². The van der Waals surface area contributed by atoms with Gasteiger partial charge in [-0.15, -0.1) is 0 Å². The van der Waals surface area contributed by atoms with E-state index in [1.54, 1.807) is 31.2 Å². The summed E-state index contributed by atoms with van der Waals surface area (Å²) < 4.78 is 7.40. The number of nitrogens with zero attached hydrogens (tertiary/aromatic N) is 2. The maximum Gasteiger partial charge on any atom is 0.345 e. The molecule has 2 amide bonds. The second-order valence-electron chi connectivity index (χ2n) is 8.80. The fourth-order valence-corrected chi connectivity index (χ4v) is 5.69. The number of pyridine rings is 1. The number of carbonyl (C=O) groups is 4. The van der Waals surface area contributed by atoms with E-state index in [0.717, 1.165) is 11.3 Å². The Hall–Kier alpha value is -3.05. The minimum absolute atomic E-state index is 0. The van der Waals surface area contributed by atoms with Gasteiger partial charge in [-0.3, -0.25) is 19.3 Å². The zero-order valence-corrected chi connectivity index (χ0v) is 25.4. The molecule has 0 atom stereocenters. The Kier molecular flexibility index (Phi) is 10.4. The molecule has 0 bridgehead atoms. The van der Waals surface area contributed by atoms with Crippen molar-refractivity contribution in [1.29, 1.82) is 0 Å². The van der Waals surface area contributed by atoms with Crippen LogP contribution >= 0.6 is 11.8 Å². The first-order valence-corrected chi connectivity index (χ1v) is 13.8. The Morgan fingerprint density at radius 1 is 0.897 bits per heavy atom. The molecule has 3 aromatic rings. The van der Waals surface area contributed by atoms with Gasteiger partial charge in [0, 0.05) is 18.5 Å². The first-order chi connectivity index (χ1) is 18.3. The van der Waals surface area contributed by atoms with Crippen molar-refractivity contribution in [3.63, 3.8) is 0 Å². The van der Waals surface area contributed by atoms with Crippen LogP contribution in [-0.2, 0) is 24.6 Å². The Morgan fingerprint density at radius 2 is 1.49 bits per heavy atom. The molecule has 204 valence electrons. The Bertz CT molecular complexity index is 1390. The van der Waals surface area contributed by atoms with Crippen molar-refractivity contribution >= 4 is 34.7 Å². The van der Waals surface area contributed by atoms with Gasteiger partial charge in [0.1, 0.15) is 18.2 Å². The van der Waals surface area contributed by atoms with Gasteiger partial charge in [-0.2, -0.15) is 4.57 Å². The van der Waals surface area contributed by atoms with Crippen LogP contribution in [0.3, 0.4) is 0 Å². The van der Waals surface area contributed by atoms with Gasteiger partial charge in [0.15, 0.2) is 5.69 Å². The highest BCUT2D eigenvalue weighted by Gasteiger charge is 2.38. The van der Waals surface area contributed by atoms with Crippen molar-refractivity contribution in [3.05, 3.63) is 88.1 Å². The van der Waals surface area contributed by atoms with Crippen molar-refractivity contribution in [2.24, 2.45) is 7.05 Å². The monoisotopic (exact) mass is 658 g/mol. The third kappa shape index (κ3) is 5.79. The van der Waals surface area contributed by atoms with E-state index in [4.69, 9.17) is 4.74 Å². The molecule has 39 heavy (non-hydrogen) atoms. The van der Waals surface area contributed by atoms with Crippen molar-refractivity contribution in [2.45, 2.75) is 33.6 Å². The lowest BCUT2D eigenvalue weighted by molar-refractivity contribution is -0.668. The number of hydrogen-bond acceptors (Lipinski definition) is 6. The average Bonchev–Trinajstić information content (AvgIpc) is 3.17. The number of thioether (sulfide) groups is 1. The maximum absolute atomic E-state index is 13.5. The van der Waals surface area contributed by atoms with Gasteiger partial charge < -0.3 is 28.7 Å². The Balaban J connectivity index is 0.00000420. The van der Waals surface area contributed by atoms with Gasteiger partial charge in [-0.05, 0) is 48.9 Å². The molecule has 1 aliphatic heterocycles. The summed E-state index contributed by atoms with van der Waals surface area (Å²) in [5, 5.41) is -0.150. The lowest BCUT2D eigenvalue weighted by Crippen LogP contribution is -3.00. The third-order valence-corrected chi connectivity index (χ3v) is 7.43. The molecule has 2 aromatic carbocycles. The molecule has 1 aliphatic rings. The van der Waals surface area contributed by atoms with Gasteiger partial charge in [0.2, 0.25) is 10.8 Å². The molecule has 0 aliphatic carbocycles. The summed E-state index contributed by atoms with van der Waals surface area (Å²) in [6.45, 7) is 5.79. The van der Waals surface area contributed by atoms with E-state index in [2.05, 4.69) is 0 Å². The van der Waals surface area contributed by atoms with Crippen molar-refractivity contribution in [2.75, 3.05) is 18.9 Å². The van der Waals surface area contributed by atoms with Crippen molar-refractivity contribution < 1.29 is 52.5 Å². The summed E-state index contributed by atoms with van der Waals surface area (Å²) in [7, 11) is 1.85. The van der Waals surface area contributed by atoms with E-state index >= 15 is 0 Å². The molecule has 0 unspecified atom stereocenters. The number of hydrogen-bond donors (Lipinski definition) is 0. The fourth-order valence-electron chi connectivity index (χ4n) is 5.04. The van der Waals surface area contributed by atoms with Crippen LogP contribution in [0.15, 0.2) is 54.6 Å². The summed E-state index contributed by atoms with van der Waals surface area (Å²) in [6, 6.07) is 16.2. The van der Waals surface area contributed by atoms with E-state index in [0.29, 0.717) is 40.1 Å². The minimum atomic E-state index is -0.544. The van der Waals surface area contributed by atoms with Gasteiger partial charge in [0.25, 0.3) is 11.8 Å². The van der Waals surface area contributed by atoms with Crippen LogP contribution in [0.4, 0.5) is 0 Å². The molecule has 0 saturated carbocycles. The lowest BCUT2D eigenvalue weighted by atomic mass is 9.91. The molecule has 0 fully saturated rings. The summed E-state index contributed by atoms with van der Waals surface area (Å²) >= 11 is 1.17. The summed E-state index contributed by atoms with van der Waals surface area (Å²) in [6.07, 6.45) is 0.684. The standard InChI is InChI=1S/C30H31N2O5S.HI/c1-5-23-24(30(36)38-7-3)22(17-18-32-27(33)20-15-11-12-16-21(20)28(32)34)25(29(35)37-6-2)26(31(23)4)19-13-9-8-10-14-19;/h8-16H,5-7,17-18H2,1-4H3;1H/q+1;/p-1. The highest BCUT2D eigenvalue weighted by molar-refractivity contribution is 8.14. The first-order valence-electron chi connectivity index (χ1n) is 12.8. The number of carbonyl (C=O) groups excluding carboxylic acids is 4. The van der Waals surface area contributed by atoms with E-state index in [1.165, 1.54) is 16.7 Å². The third-order valence-electron chi connectivity index (χ3n) is 6.67. The highest BCUT2D eigenvalue weighted by Crippen LogP contribution is 2.32. The number of benzene rings is 2. The van der Waals surface area contributed by atoms with Crippen LogP contribution in [0, 0.1) is 0 Å². The molecule has 1 aromatic heterocycles. The van der Waals surface area contributed by atoms with Crippen LogP contribution in [0.1, 0.15) is 73.5 Å². The Morgan fingerprint density at radius 3 is 2.03 bits per heavy atom. The number of ether oxygens (including phenoxy) is 1. The zero-order valence-electron chi connectivity index (χ0n) is 22.5. The van der Waals surface area contributed by atoms with Crippen LogP contribution < -0.4 is 28.5 Å². The van der Waals surface area contributed by atoms with Gasteiger partial charge in [0.05, 0.1) is 17.7 Å². The quantitative estimate of drug-likeness (QED) is 0.151. The van der Waals surface area contributed by atoms with Crippen molar-refractivity contribution in [3.8, 4) is 11.3 Å². The largest absolute Gasteiger partial charge is 1.00 e. The highest BCUT2D eigenvalue weighted by atomic mass is 127. The fraction of sp³-hybridized carbons (Fsp3) is 0.300. The molecule has 7 nitrogen and oxygen atoms in total. The number of halogens is 1. The van der Waals surface area contributed by atoms with Crippen LogP contribution in [0.25, 0.3) is 11.3 Å². The predicted molar refractivity (Wildman–Crippen MR) is 146 cm³/mol. The van der Waals surface area contributed by atoms with E-state index < -0.39 is 5.97 Å². The average molecular weight is 659 g/mol. The molecule has 9 heteroatoms. The molecule has 4 rings (SSSR count). The summed E-state index contributed by atoms with van der Waals surface area (Å²) in [5.74, 6) is -0.727. The number of imide groups is 1. The summed E-state index contributed by atoms with van der Waals surface area (Å²) in [4.78, 5) is 54.4. The SMILES string of the molecule is CCOC(=O)c1c(CCN2C(=O)c3ccccc3C2=O)c(C(=O)SCC)c(CC)[n+](C)c1-c1ccccc1.[I-]. The second kappa shape index (κ2) is 13.3. The van der Waals surface area contributed by atoms with Gasteiger partial charge in [-0.25, -0.2) is 4.79 Å². The number of amides is 2. The second-order valence-corrected chi connectivity index (χ2v) is 10.0.